The van der Waals surface area contributed by atoms with Crippen LogP contribution in [0.15, 0.2) is 36.5 Å². The maximum atomic E-state index is 6.03. The number of aryl methyl sites for hydroxylation is 1. The second-order valence-corrected chi connectivity index (χ2v) is 6.29. The summed E-state index contributed by atoms with van der Waals surface area (Å²) in [7, 11) is 2.04. The summed E-state index contributed by atoms with van der Waals surface area (Å²) in [6, 6.07) is 10.5. The molecule has 0 aliphatic rings. The zero-order chi connectivity index (χ0) is 17.5. The predicted octanol–water partition coefficient (Wildman–Crippen LogP) is 3.21. The van der Waals surface area contributed by atoms with Crippen molar-refractivity contribution in [2.24, 2.45) is 0 Å². The maximum Gasteiger partial charge on any atom is 0.221 e. The molecule has 6 heteroatoms. The lowest BCUT2D eigenvalue weighted by Gasteiger charge is -2.16. The molecule has 0 radical (unpaired) electrons. The number of benzene rings is 1. The number of hydrogen-bond acceptors (Lipinski definition) is 5. The Morgan fingerprint density at radius 3 is 2.88 bits per heavy atom. The average molecular weight is 339 g/mol. The Morgan fingerprint density at radius 1 is 1.20 bits per heavy atom. The van der Waals surface area contributed by atoms with E-state index in [-0.39, 0.29) is 0 Å². The molecule has 0 saturated heterocycles. The highest BCUT2D eigenvalue weighted by molar-refractivity contribution is 5.87. The van der Waals surface area contributed by atoms with Gasteiger partial charge in [-0.3, -0.25) is 10.00 Å². The molecule has 6 nitrogen and oxygen atoms in total. The lowest BCUT2D eigenvalue weighted by Crippen LogP contribution is -2.24. The van der Waals surface area contributed by atoms with Crippen LogP contribution in [0.3, 0.4) is 0 Å². The van der Waals surface area contributed by atoms with Crippen molar-refractivity contribution >= 4 is 10.8 Å². The van der Waals surface area contributed by atoms with Crippen molar-refractivity contribution in [1.82, 2.24) is 25.3 Å². The highest BCUT2D eigenvalue weighted by Gasteiger charge is 2.08. The van der Waals surface area contributed by atoms with Crippen molar-refractivity contribution in [1.29, 1.82) is 0 Å². The van der Waals surface area contributed by atoms with Crippen LogP contribution < -0.4 is 4.74 Å². The third-order valence-corrected chi connectivity index (χ3v) is 4.16. The Hall–Kier alpha value is -2.47. The molecule has 3 aromatic rings. The molecule has 0 aliphatic heterocycles. The smallest absolute Gasteiger partial charge is 0.221 e. The zero-order valence-electron chi connectivity index (χ0n) is 14.9. The van der Waals surface area contributed by atoms with Gasteiger partial charge in [0.1, 0.15) is 6.61 Å². The van der Waals surface area contributed by atoms with Gasteiger partial charge in [0.25, 0.3) is 0 Å². The number of H-pyrrole nitrogens is 1. The van der Waals surface area contributed by atoms with Crippen molar-refractivity contribution in [2.75, 3.05) is 20.2 Å². The van der Waals surface area contributed by atoms with Crippen molar-refractivity contribution in [2.45, 2.75) is 32.7 Å². The van der Waals surface area contributed by atoms with E-state index in [1.54, 1.807) is 0 Å². The Morgan fingerprint density at radius 2 is 2.08 bits per heavy atom. The number of pyridine rings is 1. The van der Waals surface area contributed by atoms with E-state index in [0.717, 1.165) is 55.0 Å². The molecule has 0 fully saturated rings. The number of aromatic nitrogens is 4. The lowest BCUT2D eigenvalue weighted by molar-refractivity contribution is 0.227. The number of rotatable bonds is 9. The highest BCUT2D eigenvalue weighted by atomic mass is 16.5. The molecule has 1 N–H and O–H groups in total. The fourth-order valence-electron chi connectivity index (χ4n) is 2.77. The van der Waals surface area contributed by atoms with Crippen LogP contribution in [0.2, 0.25) is 0 Å². The molecule has 0 atom stereocenters. The SMILES string of the molecule is CCCCc1cc2ccccc2c(OCCN(C)Cc2c[nH]nn2)n1. The standard InChI is InChI=1S/C19H25N5O/c1-3-4-8-16-12-15-7-5-6-9-18(15)19(21-16)25-11-10-24(2)14-17-13-20-23-22-17/h5-7,9,12-13H,3-4,8,10-11,14H2,1-2H3,(H,20,22,23). The van der Waals surface area contributed by atoms with E-state index < -0.39 is 0 Å². The number of hydrogen-bond donors (Lipinski definition) is 1. The Balaban J connectivity index is 1.65. The predicted molar refractivity (Wildman–Crippen MR) is 98.6 cm³/mol. The van der Waals surface area contributed by atoms with Gasteiger partial charge in [0, 0.05) is 30.4 Å². The van der Waals surface area contributed by atoms with Crippen molar-refractivity contribution in [3.8, 4) is 5.88 Å². The minimum Gasteiger partial charge on any atom is -0.476 e. The van der Waals surface area contributed by atoms with E-state index in [0.29, 0.717) is 6.61 Å². The molecule has 0 unspecified atom stereocenters. The number of nitrogens with zero attached hydrogens (tertiary/aromatic N) is 4. The Bertz CT molecular complexity index is 788. The van der Waals surface area contributed by atoms with Crippen LogP contribution in [-0.4, -0.2) is 45.5 Å². The van der Waals surface area contributed by atoms with E-state index in [9.17, 15) is 0 Å². The molecule has 0 saturated carbocycles. The summed E-state index contributed by atoms with van der Waals surface area (Å²) in [6.07, 6.45) is 5.11. The molecular formula is C19H25N5O. The molecule has 3 rings (SSSR count). The Labute approximate surface area is 148 Å². The topological polar surface area (TPSA) is 66.9 Å². The Kier molecular flexibility index (Phi) is 5.95. The molecule has 25 heavy (non-hydrogen) atoms. The third kappa shape index (κ3) is 4.76. The quantitative estimate of drug-likeness (QED) is 0.648. The molecule has 132 valence electrons. The van der Waals surface area contributed by atoms with Crippen molar-refractivity contribution in [3.05, 3.63) is 47.9 Å². The molecular weight excluding hydrogens is 314 g/mol. The van der Waals surface area contributed by atoms with Crippen LogP contribution in [0.5, 0.6) is 5.88 Å². The lowest BCUT2D eigenvalue weighted by atomic mass is 10.1. The summed E-state index contributed by atoms with van der Waals surface area (Å²) in [5.41, 5.74) is 2.03. The van der Waals surface area contributed by atoms with Gasteiger partial charge in [0.2, 0.25) is 5.88 Å². The van der Waals surface area contributed by atoms with Crippen LogP contribution in [-0.2, 0) is 13.0 Å². The van der Waals surface area contributed by atoms with Gasteiger partial charge in [-0.2, -0.15) is 0 Å². The van der Waals surface area contributed by atoms with E-state index in [1.807, 2.05) is 19.3 Å². The molecule has 0 amide bonds. The summed E-state index contributed by atoms with van der Waals surface area (Å²) >= 11 is 0. The zero-order valence-corrected chi connectivity index (χ0v) is 14.9. The van der Waals surface area contributed by atoms with Crippen LogP contribution in [0.4, 0.5) is 0 Å². The van der Waals surface area contributed by atoms with E-state index in [4.69, 9.17) is 9.72 Å². The van der Waals surface area contributed by atoms with Crippen LogP contribution >= 0.6 is 0 Å². The normalized spacial score (nSPS) is 11.3. The van der Waals surface area contributed by atoms with Gasteiger partial charge in [0.05, 0.1) is 5.69 Å². The highest BCUT2D eigenvalue weighted by Crippen LogP contribution is 2.25. The first kappa shape index (κ1) is 17.4. The monoisotopic (exact) mass is 339 g/mol. The largest absolute Gasteiger partial charge is 0.476 e. The molecule has 2 aromatic heterocycles. The van der Waals surface area contributed by atoms with Crippen LogP contribution in [0.25, 0.3) is 10.8 Å². The van der Waals surface area contributed by atoms with Gasteiger partial charge < -0.3 is 4.74 Å². The van der Waals surface area contributed by atoms with E-state index in [2.05, 4.69) is 51.5 Å². The van der Waals surface area contributed by atoms with E-state index in [1.165, 1.54) is 5.39 Å². The van der Waals surface area contributed by atoms with Crippen LogP contribution in [0, 0.1) is 0 Å². The minimum absolute atomic E-state index is 0.586. The first-order chi connectivity index (χ1) is 12.3. The number of ether oxygens (including phenoxy) is 1. The molecule has 2 heterocycles. The fourth-order valence-corrected chi connectivity index (χ4v) is 2.77. The summed E-state index contributed by atoms with van der Waals surface area (Å²) < 4.78 is 6.03. The number of unbranched alkanes of at least 4 members (excludes halogenated alkanes) is 1. The van der Waals surface area contributed by atoms with Crippen LogP contribution in [0.1, 0.15) is 31.2 Å². The molecule has 1 aromatic carbocycles. The summed E-state index contributed by atoms with van der Waals surface area (Å²) in [4.78, 5) is 6.90. The number of nitrogens with one attached hydrogen (secondary N) is 1. The minimum atomic E-state index is 0.586. The van der Waals surface area contributed by atoms with Gasteiger partial charge >= 0.3 is 0 Å². The van der Waals surface area contributed by atoms with Gasteiger partial charge in [-0.05, 0) is 37.4 Å². The summed E-state index contributed by atoms with van der Waals surface area (Å²) in [5, 5.41) is 12.7. The molecule has 0 aliphatic carbocycles. The summed E-state index contributed by atoms with van der Waals surface area (Å²) in [6.45, 7) is 4.32. The molecule has 0 spiro atoms. The average Bonchev–Trinajstić information content (AvgIpc) is 3.12. The summed E-state index contributed by atoms with van der Waals surface area (Å²) in [5.74, 6) is 0.735. The molecule has 0 bridgehead atoms. The maximum absolute atomic E-state index is 6.03. The van der Waals surface area contributed by atoms with Gasteiger partial charge in [-0.15, -0.1) is 5.10 Å². The van der Waals surface area contributed by atoms with E-state index >= 15 is 0 Å². The first-order valence-electron chi connectivity index (χ1n) is 8.81. The van der Waals surface area contributed by atoms with Gasteiger partial charge in [0.15, 0.2) is 0 Å². The third-order valence-electron chi connectivity index (χ3n) is 4.16. The van der Waals surface area contributed by atoms with Crippen molar-refractivity contribution < 1.29 is 4.74 Å². The van der Waals surface area contributed by atoms with Gasteiger partial charge in [-0.25, -0.2) is 4.98 Å². The van der Waals surface area contributed by atoms with Gasteiger partial charge in [-0.1, -0.05) is 36.8 Å². The second kappa shape index (κ2) is 8.58. The van der Waals surface area contributed by atoms with Crippen molar-refractivity contribution in [3.63, 3.8) is 0 Å². The second-order valence-electron chi connectivity index (χ2n) is 6.29. The first-order valence-corrected chi connectivity index (χ1v) is 8.81. The fraction of sp³-hybridized carbons (Fsp3) is 0.421. The number of fused-ring (bicyclic) bond motifs is 1. The number of likely N-dealkylation sites (N-methyl/N-ethyl adjacent to an activating group) is 1. The number of aromatic amines is 1.